The van der Waals surface area contributed by atoms with Gasteiger partial charge >= 0.3 is 0 Å². The lowest BCUT2D eigenvalue weighted by Gasteiger charge is -2.30. The molecule has 60 valence electrons. The highest BCUT2D eigenvalue weighted by Gasteiger charge is 2.23. The minimum atomic E-state index is -0.459. The van der Waals surface area contributed by atoms with Crippen LogP contribution in [0.3, 0.4) is 0 Å². The van der Waals surface area contributed by atoms with Gasteiger partial charge in [-0.05, 0) is 20.3 Å². The van der Waals surface area contributed by atoms with Crippen LogP contribution in [0, 0.1) is 0 Å². The molecule has 0 saturated carbocycles. The van der Waals surface area contributed by atoms with Crippen LogP contribution >= 0.6 is 0 Å². The van der Waals surface area contributed by atoms with Crippen molar-refractivity contribution < 1.29 is 14.2 Å². The molecule has 0 bridgehead atoms. The molecule has 10 heavy (non-hydrogen) atoms. The predicted molar refractivity (Wildman–Crippen MR) is 36.5 cm³/mol. The van der Waals surface area contributed by atoms with Gasteiger partial charge in [-0.15, -0.1) is 0 Å². The SMILES string of the molecule is COC1O[C@@H](C)C[C@H](C)O1. The van der Waals surface area contributed by atoms with Crippen molar-refractivity contribution in [3.63, 3.8) is 0 Å². The summed E-state index contributed by atoms with van der Waals surface area (Å²) < 4.78 is 15.4. The summed E-state index contributed by atoms with van der Waals surface area (Å²) in [5.41, 5.74) is 0. The summed E-state index contributed by atoms with van der Waals surface area (Å²) in [6, 6.07) is 0. The van der Waals surface area contributed by atoms with E-state index in [2.05, 4.69) is 0 Å². The van der Waals surface area contributed by atoms with Crippen molar-refractivity contribution in [2.24, 2.45) is 0 Å². The molecule has 0 amide bonds. The van der Waals surface area contributed by atoms with Crippen molar-refractivity contribution in [3.8, 4) is 0 Å². The standard InChI is InChI=1S/C7H14O3/c1-5-4-6(2)10-7(8-3)9-5/h5-7H,4H2,1-3H3/t5-,6-/m0/s1. The Kier molecular flexibility index (Phi) is 2.65. The van der Waals surface area contributed by atoms with E-state index in [1.54, 1.807) is 7.11 Å². The van der Waals surface area contributed by atoms with Gasteiger partial charge in [-0.2, -0.15) is 0 Å². The Hall–Kier alpha value is -0.120. The van der Waals surface area contributed by atoms with Gasteiger partial charge in [0.15, 0.2) is 0 Å². The summed E-state index contributed by atoms with van der Waals surface area (Å²) in [4.78, 5) is 0. The number of hydrogen-bond donors (Lipinski definition) is 0. The minimum absolute atomic E-state index is 0.244. The van der Waals surface area contributed by atoms with Crippen LogP contribution in [0.2, 0.25) is 0 Å². The van der Waals surface area contributed by atoms with Crippen molar-refractivity contribution in [1.82, 2.24) is 0 Å². The zero-order chi connectivity index (χ0) is 7.56. The van der Waals surface area contributed by atoms with E-state index in [0.717, 1.165) is 6.42 Å². The highest BCUT2D eigenvalue weighted by atomic mass is 16.9. The Morgan fingerprint density at radius 2 is 1.70 bits per heavy atom. The molecule has 0 aromatic rings. The first kappa shape index (κ1) is 7.98. The molecule has 0 aromatic heterocycles. The number of hydrogen-bond acceptors (Lipinski definition) is 3. The van der Waals surface area contributed by atoms with Crippen LogP contribution < -0.4 is 0 Å². The fraction of sp³-hybridized carbons (Fsp3) is 1.00. The predicted octanol–water partition coefficient (Wildman–Crippen LogP) is 1.13. The Balaban J connectivity index is 2.35. The lowest BCUT2D eigenvalue weighted by atomic mass is 10.2. The van der Waals surface area contributed by atoms with Gasteiger partial charge in [-0.25, -0.2) is 0 Å². The summed E-state index contributed by atoms with van der Waals surface area (Å²) in [5, 5.41) is 0. The van der Waals surface area contributed by atoms with Crippen LogP contribution in [-0.4, -0.2) is 25.8 Å². The average molecular weight is 146 g/mol. The first-order valence-corrected chi connectivity index (χ1v) is 3.56. The van der Waals surface area contributed by atoms with Gasteiger partial charge in [0.2, 0.25) is 0 Å². The van der Waals surface area contributed by atoms with E-state index in [1.165, 1.54) is 0 Å². The van der Waals surface area contributed by atoms with E-state index in [0.29, 0.717) is 0 Å². The third-order valence-electron chi connectivity index (χ3n) is 1.54. The second-order valence-corrected chi connectivity index (χ2v) is 2.65. The molecule has 3 heteroatoms. The molecule has 0 spiro atoms. The molecule has 1 rings (SSSR count). The molecule has 1 saturated heterocycles. The highest BCUT2D eigenvalue weighted by Crippen LogP contribution is 2.17. The Labute approximate surface area is 61.3 Å². The maximum absolute atomic E-state index is 5.26. The van der Waals surface area contributed by atoms with E-state index in [-0.39, 0.29) is 12.2 Å². The van der Waals surface area contributed by atoms with E-state index >= 15 is 0 Å². The number of methoxy groups -OCH3 is 1. The van der Waals surface area contributed by atoms with Crippen LogP contribution in [0.25, 0.3) is 0 Å². The van der Waals surface area contributed by atoms with Crippen molar-refractivity contribution in [3.05, 3.63) is 0 Å². The largest absolute Gasteiger partial charge is 0.333 e. The minimum Gasteiger partial charge on any atom is -0.333 e. The van der Waals surface area contributed by atoms with Gasteiger partial charge in [-0.1, -0.05) is 0 Å². The lowest BCUT2D eigenvalue weighted by molar-refractivity contribution is -0.337. The van der Waals surface area contributed by atoms with Gasteiger partial charge in [-0.3, -0.25) is 0 Å². The molecule has 0 N–H and O–H groups in total. The van der Waals surface area contributed by atoms with Crippen LogP contribution in [0.4, 0.5) is 0 Å². The van der Waals surface area contributed by atoms with Gasteiger partial charge < -0.3 is 14.2 Å². The Bertz CT molecular complexity index is 95.0. The highest BCUT2D eigenvalue weighted by molar-refractivity contribution is 4.61. The molecule has 1 aliphatic heterocycles. The molecule has 0 aromatic carbocycles. The molecule has 3 nitrogen and oxygen atoms in total. The maximum Gasteiger partial charge on any atom is 0.271 e. The molecular weight excluding hydrogens is 132 g/mol. The van der Waals surface area contributed by atoms with E-state index in [9.17, 15) is 0 Å². The normalized spacial score (nSPS) is 41.7. The first-order valence-electron chi connectivity index (χ1n) is 3.56. The van der Waals surface area contributed by atoms with Crippen LogP contribution in [0.15, 0.2) is 0 Å². The second-order valence-electron chi connectivity index (χ2n) is 2.65. The molecule has 2 atom stereocenters. The molecular formula is C7H14O3. The molecule has 1 fully saturated rings. The van der Waals surface area contributed by atoms with Crippen molar-refractivity contribution in [1.29, 1.82) is 0 Å². The zero-order valence-electron chi connectivity index (χ0n) is 6.66. The summed E-state index contributed by atoms with van der Waals surface area (Å²) in [7, 11) is 1.58. The average Bonchev–Trinajstić information content (AvgIpc) is 1.85. The molecule has 1 heterocycles. The van der Waals surface area contributed by atoms with Gasteiger partial charge in [0.25, 0.3) is 6.48 Å². The summed E-state index contributed by atoms with van der Waals surface area (Å²) in [6.45, 7) is 3.58. The molecule has 0 radical (unpaired) electrons. The van der Waals surface area contributed by atoms with E-state index in [4.69, 9.17) is 14.2 Å². The Morgan fingerprint density at radius 1 is 1.20 bits per heavy atom. The van der Waals surface area contributed by atoms with Crippen molar-refractivity contribution >= 4 is 0 Å². The summed E-state index contributed by atoms with van der Waals surface area (Å²) >= 11 is 0. The van der Waals surface area contributed by atoms with Gasteiger partial charge in [0.05, 0.1) is 12.2 Å². The summed E-state index contributed by atoms with van der Waals surface area (Å²) in [6.07, 6.45) is 1.43. The van der Waals surface area contributed by atoms with Crippen molar-refractivity contribution in [2.45, 2.75) is 39.0 Å². The molecule has 0 aliphatic carbocycles. The smallest absolute Gasteiger partial charge is 0.271 e. The van der Waals surface area contributed by atoms with Crippen LogP contribution in [0.1, 0.15) is 20.3 Å². The van der Waals surface area contributed by atoms with Crippen molar-refractivity contribution in [2.75, 3.05) is 7.11 Å². The van der Waals surface area contributed by atoms with E-state index in [1.807, 2.05) is 13.8 Å². The van der Waals surface area contributed by atoms with Gasteiger partial charge in [0.1, 0.15) is 0 Å². The third-order valence-corrected chi connectivity index (χ3v) is 1.54. The van der Waals surface area contributed by atoms with Crippen LogP contribution in [0.5, 0.6) is 0 Å². The lowest BCUT2D eigenvalue weighted by Crippen LogP contribution is -2.36. The zero-order valence-corrected chi connectivity index (χ0v) is 6.66. The molecule has 1 aliphatic rings. The monoisotopic (exact) mass is 146 g/mol. The Morgan fingerprint density at radius 3 is 2.10 bits per heavy atom. The second kappa shape index (κ2) is 3.32. The number of ether oxygens (including phenoxy) is 3. The quantitative estimate of drug-likeness (QED) is 0.555. The first-order chi connectivity index (χ1) is 4.72. The van der Waals surface area contributed by atoms with Crippen LogP contribution in [-0.2, 0) is 14.2 Å². The fourth-order valence-corrected chi connectivity index (χ4v) is 1.10. The number of rotatable bonds is 1. The summed E-state index contributed by atoms with van der Waals surface area (Å²) in [5.74, 6) is 0. The molecule has 0 unspecified atom stereocenters. The third kappa shape index (κ3) is 1.94. The fourth-order valence-electron chi connectivity index (χ4n) is 1.10. The van der Waals surface area contributed by atoms with Gasteiger partial charge in [0, 0.05) is 7.11 Å². The topological polar surface area (TPSA) is 27.7 Å². The van der Waals surface area contributed by atoms with E-state index < -0.39 is 6.48 Å². The maximum atomic E-state index is 5.26.